The Bertz CT molecular complexity index is 1170. The van der Waals surface area contributed by atoms with Crippen molar-refractivity contribution in [2.24, 2.45) is 5.92 Å². The van der Waals surface area contributed by atoms with E-state index >= 15 is 0 Å². The molecule has 0 fully saturated rings. The number of rotatable bonds is 12. The van der Waals surface area contributed by atoms with Gasteiger partial charge < -0.3 is 10.2 Å². The molecule has 0 saturated heterocycles. The van der Waals surface area contributed by atoms with E-state index < -0.39 is 16.1 Å². The molecular weight excluding hydrogens is 521 g/mol. The lowest BCUT2D eigenvalue weighted by Crippen LogP contribution is -2.48. The van der Waals surface area contributed by atoms with E-state index in [0.717, 1.165) is 21.7 Å². The maximum atomic E-state index is 13.4. The lowest BCUT2D eigenvalue weighted by molar-refractivity contribution is -0.140. The number of halogens is 2. The number of carbonyl (C=O) groups is 2. The molecule has 10 heteroatoms. The normalized spacial score (nSPS) is 12.3. The predicted octanol–water partition coefficient (Wildman–Crippen LogP) is 5.04. The fourth-order valence-corrected chi connectivity index (χ4v) is 5.07. The van der Waals surface area contributed by atoms with Crippen LogP contribution in [-0.2, 0) is 26.2 Å². The zero-order valence-corrected chi connectivity index (χ0v) is 23.8. The lowest BCUT2D eigenvalue weighted by Gasteiger charge is -2.30. The Morgan fingerprint density at radius 3 is 2.33 bits per heavy atom. The first kappa shape index (κ1) is 29.9. The second-order valence-corrected chi connectivity index (χ2v) is 12.0. The van der Waals surface area contributed by atoms with Gasteiger partial charge in [0.15, 0.2) is 0 Å². The summed E-state index contributed by atoms with van der Waals surface area (Å²) in [6, 6.07) is 11.6. The minimum Gasteiger partial charge on any atom is -0.354 e. The van der Waals surface area contributed by atoms with Crippen molar-refractivity contribution in [1.29, 1.82) is 0 Å². The molecule has 2 aromatic rings. The molecule has 36 heavy (non-hydrogen) atoms. The number of aryl methyl sites for hydroxylation is 1. The highest BCUT2D eigenvalue weighted by atomic mass is 35.5. The van der Waals surface area contributed by atoms with Crippen LogP contribution in [0.15, 0.2) is 42.5 Å². The monoisotopic (exact) mass is 555 g/mol. The number of nitrogens with zero attached hydrogens (tertiary/aromatic N) is 2. The lowest BCUT2D eigenvalue weighted by atomic mass is 10.1. The van der Waals surface area contributed by atoms with E-state index in [9.17, 15) is 18.0 Å². The van der Waals surface area contributed by atoms with Crippen LogP contribution >= 0.6 is 23.2 Å². The Hall–Kier alpha value is -2.29. The highest BCUT2D eigenvalue weighted by Gasteiger charge is 2.27. The molecule has 0 heterocycles. The molecule has 2 amide bonds. The van der Waals surface area contributed by atoms with Gasteiger partial charge in [0.05, 0.1) is 17.0 Å². The standard InChI is InChI=1S/C26H35Cl2N3O4S/c1-18(2)16-29-26(33)20(4)30(17-21-10-7-6-9-19(21)3)25(32)11-8-14-31(36(5,34)35)24-15-22(27)12-13-23(24)28/h6-7,9-10,12-13,15,18,20H,8,11,14,16-17H2,1-5H3,(H,29,33)/t20-/m0/s1. The number of benzene rings is 2. The zero-order valence-electron chi connectivity index (χ0n) is 21.4. The van der Waals surface area contributed by atoms with E-state index in [-0.39, 0.29) is 54.4 Å². The Morgan fingerprint density at radius 1 is 1.06 bits per heavy atom. The van der Waals surface area contributed by atoms with Crippen LogP contribution in [-0.4, -0.2) is 50.5 Å². The van der Waals surface area contributed by atoms with E-state index in [0.29, 0.717) is 11.6 Å². The topological polar surface area (TPSA) is 86.8 Å². The number of carbonyl (C=O) groups excluding carboxylic acids is 2. The van der Waals surface area contributed by atoms with Gasteiger partial charge in [-0.25, -0.2) is 8.42 Å². The van der Waals surface area contributed by atoms with Crippen LogP contribution in [0.2, 0.25) is 10.0 Å². The summed E-state index contributed by atoms with van der Waals surface area (Å²) in [5, 5.41) is 3.49. The molecule has 0 aromatic heterocycles. The van der Waals surface area contributed by atoms with Gasteiger partial charge in [-0.05, 0) is 55.5 Å². The molecule has 2 rings (SSSR count). The van der Waals surface area contributed by atoms with Crippen molar-refractivity contribution < 1.29 is 18.0 Å². The van der Waals surface area contributed by atoms with Crippen molar-refractivity contribution in [3.63, 3.8) is 0 Å². The summed E-state index contributed by atoms with van der Waals surface area (Å²) in [5.41, 5.74) is 2.22. The molecule has 0 aliphatic carbocycles. The molecule has 0 aliphatic heterocycles. The van der Waals surface area contributed by atoms with Gasteiger partial charge in [0.2, 0.25) is 21.8 Å². The van der Waals surface area contributed by atoms with Crippen LogP contribution in [0.5, 0.6) is 0 Å². The maximum absolute atomic E-state index is 13.4. The van der Waals surface area contributed by atoms with Crippen LogP contribution in [0, 0.1) is 12.8 Å². The third-order valence-electron chi connectivity index (χ3n) is 5.78. The van der Waals surface area contributed by atoms with Gasteiger partial charge in [-0.15, -0.1) is 0 Å². The van der Waals surface area contributed by atoms with Crippen molar-refractivity contribution in [2.45, 2.75) is 53.1 Å². The average Bonchev–Trinajstić information content (AvgIpc) is 2.80. The molecule has 198 valence electrons. The van der Waals surface area contributed by atoms with Crippen molar-refractivity contribution in [3.05, 3.63) is 63.6 Å². The van der Waals surface area contributed by atoms with Crippen LogP contribution in [0.1, 0.15) is 44.7 Å². The molecule has 0 aliphatic rings. The average molecular weight is 557 g/mol. The fourth-order valence-electron chi connectivity index (χ4n) is 3.67. The SMILES string of the molecule is Cc1ccccc1CN(C(=O)CCCN(c1cc(Cl)ccc1Cl)S(C)(=O)=O)[C@@H](C)C(=O)NCC(C)C. The number of anilines is 1. The summed E-state index contributed by atoms with van der Waals surface area (Å²) in [6.45, 7) is 8.50. The quantitative estimate of drug-likeness (QED) is 0.397. The van der Waals surface area contributed by atoms with Crippen LogP contribution < -0.4 is 9.62 Å². The van der Waals surface area contributed by atoms with Gasteiger partial charge >= 0.3 is 0 Å². The Labute approximate surface area is 224 Å². The van der Waals surface area contributed by atoms with E-state index in [2.05, 4.69) is 5.32 Å². The van der Waals surface area contributed by atoms with Crippen molar-refractivity contribution in [3.8, 4) is 0 Å². The fraction of sp³-hybridized carbons (Fsp3) is 0.462. The number of hydrogen-bond donors (Lipinski definition) is 1. The summed E-state index contributed by atoms with van der Waals surface area (Å²) >= 11 is 12.3. The third kappa shape index (κ3) is 8.68. The van der Waals surface area contributed by atoms with Gasteiger partial charge in [-0.1, -0.05) is 61.3 Å². The van der Waals surface area contributed by atoms with Crippen LogP contribution in [0.4, 0.5) is 5.69 Å². The number of nitrogens with one attached hydrogen (secondary N) is 1. The molecule has 1 atom stereocenters. The maximum Gasteiger partial charge on any atom is 0.242 e. The van der Waals surface area contributed by atoms with Crippen molar-refractivity contribution in [1.82, 2.24) is 10.2 Å². The molecule has 0 unspecified atom stereocenters. The predicted molar refractivity (Wildman–Crippen MR) is 147 cm³/mol. The first-order chi connectivity index (χ1) is 16.8. The van der Waals surface area contributed by atoms with Crippen molar-refractivity contribution in [2.75, 3.05) is 23.7 Å². The third-order valence-corrected chi connectivity index (χ3v) is 7.52. The van der Waals surface area contributed by atoms with E-state index in [1.54, 1.807) is 17.9 Å². The highest BCUT2D eigenvalue weighted by molar-refractivity contribution is 7.92. The molecule has 0 radical (unpaired) electrons. The van der Waals surface area contributed by atoms with Crippen LogP contribution in [0.25, 0.3) is 0 Å². The Balaban J connectivity index is 2.21. The molecule has 7 nitrogen and oxygen atoms in total. The smallest absolute Gasteiger partial charge is 0.242 e. The van der Waals surface area contributed by atoms with E-state index in [1.807, 2.05) is 45.0 Å². The van der Waals surface area contributed by atoms with Gasteiger partial charge in [0, 0.05) is 31.1 Å². The van der Waals surface area contributed by atoms with Gasteiger partial charge in [0.25, 0.3) is 0 Å². The van der Waals surface area contributed by atoms with Gasteiger partial charge in [-0.2, -0.15) is 0 Å². The second kappa shape index (κ2) is 13.3. The highest BCUT2D eigenvalue weighted by Crippen LogP contribution is 2.31. The summed E-state index contributed by atoms with van der Waals surface area (Å²) < 4.78 is 26.1. The number of amides is 2. The Kier molecular flexibility index (Phi) is 11.1. The second-order valence-electron chi connectivity index (χ2n) is 9.30. The number of hydrogen-bond acceptors (Lipinski definition) is 4. The zero-order chi connectivity index (χ0) is 27.0. The molecular formula is C26H35Cl2N3O4S. The first-order valence-corrected chi connectivity index (χ1v) is 14.5. The molecule has 0 spiro atoms. The molecule has 2 aromatic carbocycles. The minimum absolute atomic E-state index is 0.0385. The summed E-state index contributed by atoms with van der Waals surface area (Å²) in [7, 11) is -3.67. The Morgan fingerprint density at radius 2 is 1.72 bits per heavy atom. The summed E-state index contributed by atoms with van der Waals surface area (Å²) in [4.78, 5) is 27.7. The first-order valence-electron chi connectivity index (χ1n) is 11.9. The van der Waals surface area contributed by atoms with E-state index in [4.69, 9.17) is 23.2 Å². The number of sulfonamides is 1. The molecule has 1 N–H and O–H groups in total. The van der Waals surface area contributed by atoms with Gasteiger partial charge in [-0.3, -0.25) is 13.9 Å². The van der Waals surface area contributed by atoms with Gasteiger partial charge in [0.1, 0.15) is 6.04 Å². The molecule has 0 bridgehead atoms. The summed E-state index contributed by atoms with van der Waals surface area (Å²) in [5.74, 6) is -0.188. The van der Waals surface area contributed by atoms with Crippen molar-refractivity contribution >= 4 is 50.7 Å². The van der Waals surface area contributed by atoms with Crippen LogP contribution in [0.3, 0.4) is 0 Å². The largest absolute Gasteiger partial charge is 0.354 e. The van der Waals surface area contributed by atoms with E-state index in [1.165, 1.54) is 12.1 Å². The molecule has 0 saturated carbocycles. The summed E-state index contributed by atoms with van der Waals surface area (Å²) in [6.07, 6.45) is 1.37. The minimum atomic E-state index is -3.67.